The van der Waals surface area contributed by atoms with E-state index in [1.54, 1.807) is 0 Å². The van der Waals surface area contributed by atoms with Gasteiger partial charge < -0.3 is 0 Å². The molecule has 1 aliphatic heterocycles. The van der Waals surface area contributed by atoms with E-state index in [2.05, 4.69) is 17.9 Å². The highest BCUT2D eigenvalue weighted by atomic mass is 15.1. The number of hydrogen-bond acceptors (Lipinski definition) is 2. The molecule has 0 aromatic rings. The molecule has 0 spiro atoms. The molecule has 2 heteroatoms. The monoisotopic (exact) mass is 152 g/mol. The van der Waals surface area contributed by atoms with E-state index in [0.717, 1.165) is 0 Å². The summed E-state index contributed by atoms with van der Waals surface area (Å²) in [6, 6.07) is 2.70. The second-order valence-electron chi connectivity index (χ2n) is 3.31. The molecule has 0 aromatic heterocycles. The zero-order valence-electron chi connectivity index (χ0n) is 7.21. The van der Waals surface area contributed by atoms with Crippen molar-refractivity contribution < 1.29 is 0 Å². The lowest BCUT2D eigenvalue weighted by Gasteiger charge is -2.30. The second-order valence-corrected chi connectivity index (χ2v) is 3.31. The zero-order chi connectivity index (χ0) is 8.10. The molecule has 2 nitrogen and oxygen atoms in total. The number of nitriles is 1. The van der Waals surface area contributed by atoms with Crippen molar-refractivity contribution in [2.45, 2.75) is 38.6 Å². The summed E-state index contributed by atoms with van der Waals surface area (Å²) in [5, 5.41) is 8.49. The molecule has 11 heavy (non-hydrogen) atoms. The Morgan fingerprint density at radius 2 is 2.00 bits per heavy atom. The van der Waals surface area contributed by atoms with Crippen LogP contribution in [0.1, 0.15) is 32.6 Å². The van der Waals surface area contributed by atoms with Crippen LogP contribution in [0.4, 0.5) is 0 Å². The number of hydrogen-bond donors (Lipinski definition) is 0. The average Bonchev–Trinajstić information content (AvgIpc) is 2.07. The van der Waals surface area contributed by atoms with Crippen LogP contribution in [0.25, 0.3) is 0 Å². The molecule has 0 N–H and O–H groups in total. The second kappa shape index (κ2) is 4.35. The van der Waals surface area contributed by atoms with Crippen LogP contribution in [0.3, 0.4) is 0 Å². The van der Waals surface area contributed by atoms with E-state index < -0.39 is 0 Å². The third-order valence-corrected chi connectivity index (χ3v) is 2.40. The summed E-state index contributed by atoms with van der Waals surface area (Å²) in [5.41, 5.74) is 0. The highest BCUT2D eigenvalue weighted by molar-refractivity contribution is 4.80. The summed E-state index contributed by atoms with van der Waals surface area (Å²) in [5.74, 6) is 0. The molecule has 1 atom stereocenters. The van der Waals surface area contributed by atoms with Gasteiger partial charge in [-0.3, -0.25) is 4.90 Å². The summed E-state index contributed by atoms with van der Waals surface area (Å²) >= 11 is 0. The van der Waals surface area contributed by atoms with Crippen LogP contribution in [0.2, 0.25) is 0 Å². The third kappa shape index (κ3) is 2.51. The Kier molecular flexibility index (Phi) is 3.38. The Labute approximate surface area is 68.8 Å². The maximum atomic E-state index is 8.49. The van der Waals surface area contributed by atoms with Crippen LogP contribution in [0.15, 0.2) is 0 Å². The maximum Gasteiger partial charge on any atom is 0.0638 e. The summed E-state index contributed by atoms with van der Waals surface area (Å²) in [6.07, 6.45) is 4.68. The number of rotatable bonds is 2. The highest BCUT2D eigenvalue weighted by Crippen LogP contribution is 2.13. The number of likely N-dealkylation sites (tertiary alicyclic amines) is 1. The molecule has 62 valence electrons. The molecule has 0 saturated carbocycles. The van der Waals surface area contributed by atoms with Crippen molar-refractivity contribution >= 4 is 0 Å². The standard InChI is InChI=1S/C9H16N2/c1-9(5-6-10)11-7-3-2-4-8-11/h9H,2-5,7-8H2,1H3. The third-order valence-electron chi connectivity index (χ3n) is 2.40. The zero-order valence-corrected chi connectivity index (χ0v) is 7.21. The van der Waals surface area contributed by atoms with Gasteiger partial charge >= 0.3 is 0 Å². The first-order valence-electron chi connectivity index (χ1n) is 4.45. The van der Waals surface area contributed by atoms with E-state index in [1.807, 2.05) is 0 Å². The summed E-state index contributed by atoms with van der Waals surface area (Å²) in [6.45, 7) is 4.54. The highest BCUT2D eigenvalue weighted by Gasteiger charge is 2.15. The van der Waals surface area contributed by atoms with Crippen molar-refractivity contribution in [1.82, 2.24) is 4.90 Å². The van der Waals surface area contributed by atoms with Gasteiger partial charge in [0.2, 0.25) is 0 Å². The van der Waals surface area contributed by atoms with E-state index in [4.69, 9.17) is 5.26 Å². The van der Waals surface area contributed by atoms with Gasteiger partial charge in [0.15, 0.2) is 0 Å². The molecule has 1 saturated heterocycles. The Morgan fingerprint density at radius 3 is 2.55 bits per heavy atom. The Balaban J connectivity index is 2.27. The van der Waals surface area contributed by atoms with E-state index in [1.165, 1.54) is 32.4 Å². The van der Waals surface area contributed by atoms with Crippen molar-refractivity contribution in [2.75, 3.05) is 13.1 Å². The summed E-state index contributed by atoms with van der Waals surface area (Å²) in [4.78, 5) is 2.42. The molecule has 0 radical (unpaired) electrons. The van der Waals surface area contributed by atoms with Crippen molar-refractivity contribution in [1.29, 1.82) is 5.26 Å². The quantitative estimate of drug-likeness (QED) is 0.603. The molecule has 1 aliphatic rings. The van der Waals surface area contributed by atoms with Gasteiger partial charge in [-0.1, -0.05) is 6.42 Å². The smallest absolute Gasteiger partial charge is 0.0638 e. The Bertz CT molecular complexity index is 142. The summed E-state index contributed by atoms with van der Waals surface area (Å²) in [7, 11) is 0. The van der Waals surface area contributed by atoms with Crippen LogP contribution < -0.4 is 0 Å². The Morgan fingerprint density at radius 1 is 1.36 bits per heavy atom. The van der Waals surface area contributed by atoms with Crippen LogP contribution in [-0.4, -0.2) is 24.0 Å². The average molecular weight is 152 g/mol. The Hall–Kier alpha value is -0.550. The summed E-state index contributed by atoms with van der Waals surface area (Å²) < 4.78 is 0. The SMILES string of the molecule is CC(CC#N)N1CCCCC1. The van der Waals surface area contributed by atoms with Gasteiger partial charge in [-0.2, -0.15) is 5.26 Å². The minimum atomic E-state index is 0.472. The maximum absolute atomic E-state index is 8.49. The molecule has 1 rings (SSSR count). The fraction of sp³-hybridized carbons (Fsp3) is 0.889. The first-order chi connectivity index (χ1) is 5.34. The molecule has 0 amide bonds. The van der Waals surface area contributed by atoms with Crippen molar-refractivity contribution in [3.05, 3.63) is 0 Å². The van der Waals surface area contributed by atoms with Crippen molar-refractivity contribution in [2.24, 2.45) is 0 Å². The molecule has 0 bridgehead atoms. The van der Waals surface area contributed by atoms with Crippen molar-refractivity contribution in [3.63, 3.8) is 0 Å². The van der Waals surface area contributed by atoms with E-state index >= 15 is 0 Å². The van der Waals surface area contributed by atoms with Gasteiger partial charge in [0.05, 0.1) is 12.5 Å². The van der Waals surface area contributed by atoms with E-state index in [0.29, 0.717) is 12.5 Å². The molecule has 1 unspecified atom stereocenters. The van der Waals surface area contributed by atoms with Gasteiger partial charge in [0, 0.05) is 6.04 Å². The van der Waals surface area contributed by atoms with Gasteiger partial charge in [-0.25, -0.2) is 0 Å². The van der Waals surface area contributed by atoms with Gasteiger partial charge in [-0.15, -0.1) is 0 Å². The van der Waals surface area contributed by atoms with Crippen LogP contribution >= 0.6 is 0 Å². The van der Waals surface area contributed by atoms with E-state index in [9.17, 15) is 0 Å². The number of piperidine rings is 1. The molecular weight excluding hydrogens is 136 g/mol. The largest absolute Gasteiger partial charge is 0.300 e. The predicted octanol–water partition coefficient (Wildman–Crippen LogP) is 1.77. The molecule has 0 aromatic carbocycles. The molecule has 0 aliphatic carbocycles. The molecule has 1 fully saturated rings. The molecular formula is C9H16N2. The lowest BCUT2D eigenvalue weighted by atomic mass is 10.1. The van der Waals surface area contributed by atoms with Gasteiger partial charge in [0.1, 0.15) is 0 Å². The van der Waals surface area contributed by atoms with Gasteiger partial charge in [0.25, 0.3) is 0 Å². The van der Waals surface area contributed by atoms with E-state index in [-0.39, 0.29) is 0 Å². The van der Waals surface area contributed by atoms with Crippen molar-refractivity contribution in [3.8, 4) is 6.07 Å². The van der Waals surface area contributed by atoms with Crippen LogP contribution in [0.5, 0.6) is 0 Å². The normalized spacial score (nSPS) is 22.5. The fourth-order valence-electron chi connectivity index (χ4n) is 1.62. The topological polar surface area (TPSA) is 27.0 Å². The molecule has 1 heterocycles. The number of nitrogens with zero attached hydrogens (tertiary/aromatic N) is 2. The first kappa shape index (κ1) is 8.55. The first-order valence-corrected chi connectivity index (χ1v) is 4.45. The fourth-order valence-corrected chi connectivity index (χ4v) is 1.62. The minimum absolute atomic E-state index is 0.472. The minimum Gasteiger partial charge on any atom is -0.300 e. The predicted molar refractivity (Wildman–Crippen MR) is 45.1 cm³/mol. The van der Waals surface area contributed by atoms with Crippen LogP contribution in [-0.2, 0) is 0 Å². The lowest BCUT2D eigenvalue weighted by Crippen LogP contribution is -2.37. The van der Waals surface area contributed by atoms with Gasteiger partial charge in [-0.05, 0) is 32.9 Å². The lowest BCUT2D eigenvalue weighted by molar-refractivity contribution is 0.176. The van der Waals surface area contributed by atoms with Crippen LogP contribution in [0, 0.1) is 11.3 Å².